The maximum atomic E-state index is 12.8. The summed E-state index contributed by atoms with van der Waals surface area (Å²) in [5.74, 6) is 0.399. The number of nitrogens with zero attached hydrogens (tertiary/aromatic N) is 2. The number of carbonyl (C=O) groups excluding carboxylic acids is 1. The maximum absolute atomic E-state index is 12.8. The van der Waals surface area contributed by atoms with Crippen LogP contribution in [0.15, 0.2) is 59.6 Å². The zero-order valence-corrected chi connectivity index (χ0v) is 16.5. The Kier molecular flexibility index (Phi) is 8.06. The third kappa shape index (κ3) is 7.48. The number of amides is 1. The molecule has 2 N–H and O–H groups in total. The van der Waals surface area contributed by atoms with Gasteiger partial charge in [-0.15, -0.1) is 0 Å². The van der Waals surface area contributed by atoms with Crippen molar-refractivity contribution in [2.24, 2.45) is 4.99 Å². The van der Waals surface area contributed by atoms with Gasteiger partial charge in [-0.3, -0.25) is 9.79 Å². The Morgan fingerprint density at radius 1 is 1.03 bits per heavy atom. The minimum Gasteiger partial charge on any atom is -0.356 e. The highest BCUT2D eigenvalue weighted by Gasteiger charge is 2.30. The number of carbonyl (C=O) groups is 1. The minimum atomic E-state index is -4.37. The van der Waals surface area contributed by atoms with Crippen LogP contribution in [0.25, 0.3) is 0 Å². The van der Waals surface area contributed by atoms with E-state index in [-0.39, 0.29) is 18.9 Å². The summed E-state index contributed by atoms with van der Waals surface area (Å²) in [6, 6.07) is 14.8. The lowest BCUT2D eigenvalue weighted by atomic mass is 10.1. The Morgan fingerprint density at radius 3 is 2.38 bits per heavy atom. The summed E-state index contributed by atoms with van der Waals surface area (Å²) in [4.78, 5) is 17.9. The maximum Gasteiger partial charge on any atom is 0.416 e. The molecule has 0 atom stereocenters. The molecule has 29 heavy (non-hydrogen) atoms. The molecule has 2 rings (SSSR count). The molecule has 0 unspecified atom stereocenters. The summed E-state index contributed by atoms with van der Waals surface area (Å²) >= 11 is 0. The number of benzene rings is 2. The number of hydrogen-bond donors (Lipinski definition) is 2. The average molecular weight is 406 g/mol. The zero-order chi connectivity index (χ0) is 21.3. The van der Waals surface area contributed by atoms with Crippen LogP contribution in [0.2, 0.25) is 0 Å². The van der Waals surface area contributed by atoms with E-state index in [1.165, 1.54) is 6.07 Å². The van der Waals surface area contributed by atoms with Gasteiger partial charge >= 0.3 is 6.18 Å². The van der Waals surface area contributed by atoms with Crippen LogP contribution in [0.1, 0.15) is 23.1 Å². The molecule has 0 fully saturated rings. The van der Waals surface area contributed by atoms with Gasteiger partial charge in [0.15, 0.2) is 5.96 Å². The fourth-order valence-corrected chi connectivity index (χ4v) is 2.69. The normalized spacial score (nSPS) is 11.8. The van der Waals surface area contributed by atoms with Crippen LogP contribution in [0.3, 0.4) is 0 Å². The summed E-state index contributed by atoms with van der Waals surface area (Å²) in [5, 5.41) is 5.96. The summed E-state index contributed by atoms with van der Waals surface area (Å²) in [5.41, 5.74) is 0.850. The SMILES string of the molecule is CN=C(NCCC(=O)N(C)Cc1ccccc1)NCc1cccc(C(F)(F)F)c1. The third-order valence-electron chi connectivity index (χ3n) is 4.26. The van der Waals surface area contributed by atoms with Crippen LogP contribution < -0.4 is 10.6 Å². The topological polar surface area (TPSA) is 56.7 Å². The standard InChI is InChI=1S/C21H25F3N4O/c1-25-20(27-14-17-9-6-10-18(13-17)21(22,23)24)26-12-11-19(29)28(2)15-16-7-4-3-5-8-16/h3-10,13H,11-12,14-15H2,1-2H3,(H2,25,26,27). The van der Waals surface area contributed by atoms with E-state index in [4.69, 9.17) is 0 Å². The predicted octanol–water partition coefficient (Wildman–Crippen LogP) is 3.42. The average Bonchev–Trinajstić information content (AvgIpc) is 2.70. The highest BCUT2D eigenvalue weighted by Crippen LogP contribution is 2.29. The van der Waals surface area contributed by atoms with Crippen LogP contribution in [-0.2, 0) is 24.1 Å². The molecule has 5 nitrogen and oxygen atoms in total. The highest BCUT2D eigenvalue weighted by atomic mass is 19.4. The molecule has 0 aliphatic heterocycles. The zero-order valence-electron chi connectivity index (χ0n) is 16.5. The minimum absolute atomic E-state index is 0.0188. The van der Waals surface area contributed by atoms with Crippen molar-refractivity contribution in [1.29, 1.82) is 0 Å². The molecule has 0 aliphatic carbocycles. The summed E-state index contributed by atoms with van der Waals surface area (Å²) in [6.07, 6.45) is -4.10. The number of aliphatic imine (C=N–C) groups is 1. The van der Waals surface area contributed by atoms with Crippen molar-refractivity contribution in [1.82, 2.24) is 15.5 Å². The first-order valence-corrected chi connectivity index (χ1v) is 9.18. The molecule has 0 radical (unpaired) electrons. The summed E-state index contributed by atoms with van der Waals surface area (Å²) in [6.45, 7) is 1.08. The lowest BCUT2D eigenvalue weighted by molar-refractivity contribution is -0.137. The number of nitrogens with one attached hydrogen (secondary N) is 2. The molecule has 156 valence electrons. The van der Waals surface area contributed by atoms with Gasteiger partial charge < -0.3 is 15.5 Å². The van der Waals surface area contributed by atoms with Crippen molar-refractivity contribution < 1.29 is 18.0 Å². The van der Waals surface area contributed by atoms with Gasteiger partial charge in [0.25, 0.3) is 0 Å². The van der Waals surface area contributed by atoms with Crippen molar-refractivity contribution in [2.75, 3.05) is 20.6 Å². The molecular weight excluding hydrogens is 381 g/mol. The van der Waals surface area contributed by atoms with Gasteiger partial charge in [0.1, 0.15) is 0 Å². The van der Waals surface area contributed by atoms with Gasteiger partial charge in [-0.1, -0.05) is 42.5 Å². The Labute approximate surface area is 168 Å². The summed E-state index contributed by atoms with van der Waals surface area (Å²) < 4.78 is 38.4. The Bertz CT molecular complexity index is 822. The second-order valence-corrected chi connectivity index (χ2v) is 6.54. The van der Waals surface area contributed by atoms with Gasteiger partial charge in [0, 0.05) is 40.2 Å². The van der Waals surface area contributed by atoms with Crippen LogP contribution in [0.4, 0.5) is 13.2 Å². The molecular formula is C21H25F3N4O. The molecule has 0 bridgehead atoms. The first kappa shape index (κ1) is 22.3. The van der Waals surface area contributed by atoms with Crippen LogP contribution >= 0.6 is 0 Å². The van der Waals surface area contributed by atoms with E-state index in [1.807, 2.05) is 30.3 Å². The number of hydrogen-bond acceptors (Lipinski definition) is 2. The van der Waals surface area contributed by atoms with E-state index >= 15 is 0 Å². The smallest absolute Gasteiger partial charge is 0.356 e. The van der Waals surface area contributed by atoms with E-state index in [0.29, 0.717) is 24.6 Å². The largest absolute Gasteiger partial charge is 0.416 e. The van der Waals surface area contributed by atoms with E-state index < -0.39 is 11.7 Å². The number of guanidine groups is 1. The predicted molar refractivity (Wildman–Crippen MR) is 107 cm³/mol. The summed E-state index contributed by atoms with van der Waals surface area (Å²) in [7, 11) is 3.31. The third-order valence-corrected chi connectivity index (χ3v) is 4.26. The lowest BCUT2D eigenvalue weighted by Crippen LogP contribution is -2.39. The van der Waals surface area contributed by atoms with Gasteiger partial charge in [0.2, 0.25) is 5.91 Å². The van der Waals surface area contributed by atoms with Crippen LogP contribution in [-0.4, -0.2) is 37.4 Å². The molecule has 8 heteroatoms. The van der Waals surface area contributed by atoms with Gasteiger partial charge in [0.05, 0.1) is 5.56 Å². The lowest BCUT2D eigenvalue weighted by Gasteiger charge is -2.18. The van der Waals surface area contributed by atoms with Crippen molar-refractivity contribution >= 4 is 11.9 Å². The van der Waals surface area contributed by atoms with Gasteiger partial charge in [-0.05, 0) is 23.3 Å². The fraction of sp³-hybridized carbons (Fsp3) is 0.333. The van der Waals surface area contributed by atoms with Crippen molar-refractivity contribution in [3.8, 4) is 0 Å². The molecule has 0 spiro atoms. The molecule has 0 heterocycles. The Balaban J connectivity index is 1.77. The highest BCUT2D eigenvalue weighted by molar-refractivity contribution is 5.81. The van der Waals surface area contributed by atoms with Gasteiger partial charge in [-0.2, -0.15) is 13.2 Å². The first-order chi connectivity index (χ1) is 13.8. The molecule has 2 aromatic carbocycles. The first-order valence-electron chi connectivity index (χ1n) is 9.18. The molecule has 1 amide bonds. The molecule has 0 saturated heterocycles. The molecule has 0 saturated carbocycles. The van der Waals surface area contributed by atoms with E-state index in [9.17, 15) is 18.0 Å². The van der Waals surface area contributed by atoms with Crippen molar-refractivity contribution in [3.63, 3.8) is 0 Å². The Hall–Kier alpha value is -3.03. The monoisotopic (exact) mass is 406 g/mol. The quantitative estimate of drug-likeness (QED) is 0.547. The van der Waals surface area contributed by atoms with E-state index in [2.05, 4.69) is 15.6 Å². The number of halogens is 3. The second-order valence-electron chi connectivity index (χ2n) is 6.54. The van der Waals surface area contributed by atoms with Crippen molar-refractivity contribution in [2.45, 2.75) is 25.7 Å². The fourth-order valence-electron chi connectivity index (χ4n) is 2.69. The molecule has 0 aliphatic rings. The van der Waals surface area contributed by atoms with Crippen molar-refractivity contribution in [3.05, 3.63) is 71.3 Å². The number of rotatable bonds is 7. The number of alkyl halides is 3. The molecule has 2 aromatic rings. The van der Waals surface area contributed by atoms with E-state index in [0.717, 1.165) is 17.7 Å². The van der Waals surface area contributed by atoms with Gasteiger partial charge in [-0.25, -0.2) is 0 Å². The molecule has 0 aromatic heterocycles. The second kappa shape index (κ2) is 10.5. The van der Waals surface area contributed by atoms with Crippen LogP contribution in [0, 0.1) is 0 Å². The van der Waals surface area contributed by atoms with E-state index in [1.54, 1.807) is 25.1 Å². The van der Waals surface area contributed by atoms with Crippen LogP contribution in [0.5, 0.6) is 0 Å². The Morgan fingerprint density at radius 2 is 1.72 bits per heavy atom.